The standard InChI is InChI=1S/C19H16BrFN2O2S/c1-11-3-4-13(7-12(11)2)17-9-22-19(25-17)26-10-18(24)23-16-6-5-14(20)8-15(16)21/h3-9H,10H2,1-2H3,(H,23,24). The topological polar surface area (TPSA) is 55.1 Å². The third-order valence-corrected chi connectivity index (χ3v) is 5.14. The van der Waals surface area contributed by atoms with E-state index in [4.69, 9.17) is 4.42 Å². The van der Waals surface area contributed by atoms with Crippen LogP contribution in [-0.2, 0) is 4.79 Å². The molecule has 0 radical (unpaired) electrons. The van der Waals surface area contributed by atoms with E-state index in [1.54, 1.807) is 12.3 Å². The lowest BCUT2D eigenvalue weighted by atomic mass is 10.1. The molecule has 7 heteroatoms. The van der Waals surface area contributed by atoms with Gasteiger partial charge in [-0.15, -0.1) is 0 Å². The first-order chi connectivity index (χ1) is 12.4. The lowest BCUT2D eigenvalue weighted by Gasteiger charge is -2.05. The Morgan fingerprint density at radius 1 is 1.23 bits per heavy atom. The van der Waals surface area contributed by atoms with Crippen LogP contribution in [0.25, 0.3) is 11.3 Å². The van der Waals surface area contributed by atoms with Gasteiger partial charge in [0.05, 0.1) is 17.6 Å². The maximum atomic E-state index is 13.7. The normalized spacial score (nSPS) is 10.8. The number of aryl methyl sites for hydroxylation is 2. The van der Waals surface area contributed by atoms with Gasteiger partial charge >= 0.3 is 0 Å². The molecule has 134 valence electrons. The van der Waals surface area contributed by atoms with E-state index in [1.807, 2.05) is 32.0 Å². The van der Waals surface area contributed by atoms with Gasteiger partial charge in [0.1, 0.15) is 5.82 Å². The third-order valence-electron chi connectivity index (χ3n) is 3.81. The summed E-state index contributed by atoms with van der Waals surface area (Å²) in [5, 5.41) is 2.93. The van der Waals surface area contributed by atoms with Crippen molar-refractivity contribution in [3.8, 4) is 11.3 Å². The van der Waals surface area contributed by atoms with Crippen LogP contribution in [0.5, 0.6) is 0 Å². The molecule has 0 fully saturated rings. The number of oxazole rings is 1. The second-order valence-electron chi connectivity index (χ2n) is 5.75. The summed E-state index contributed by atoms with van der Waals surface area (Å²) in [6, 6.07) is 10.5. The minimum absolute atomic E-state index is 0.0718. The lowest BCUT2D eigenvalue weighted by molar-refractivity contribution is -0.113. The highest BCUT2D eigenvalue weighted by atomic mass is 79.9. The molecular weight excluding hydrogens is 419 g/mol. The van der Waals surface area contributed by atoms with Crippen molar-refractivity contribution in [3.63, 3.8) is 0 Å². The summed E-state index contributed by atoms with van der Waals surface area (Å²) in [5.41, 5.74) is 3.46. The van der Waals surface area contributed by atoms with E-state index < -0.39 is 5.82 Å². The molecule has 2 aromatic carbocycles. The first-order valence-corrected chi connectivity index (χ1v) is 9.61. The first kappa shape index (κ1) is 18.7. The number of nitrogens with one attached hydrogen (secondary N) is 1. The summed E-state index contributed by atoms with van der Waals surface area (Å²) >= 11 is 4.33. The predicted molar refractivity (Wildman–Crippen MR) is 105 cm³/mol. The van der Waals surface area contributed by atoms with Crippen LogP contribution in [0, 0.1) is 19.7 Å². The van der Waals surface area contributed by atoms with Crippen molar-refractivity contribution in [3.05, 3.63) is 64.0 Å². The van der Waals surface area contributed by atoms with Crippen molar-refractivity contribution in [2.75, 3.05) is 11.1 Å². The summed E-state index contributed by atoms with van der Waals surface area (Å²) in [4.78, 5) is 16.2. The number of anilines is 1. The van der Waals surface area contributed by atoms with Crippen molar-refractivity contribution in [2.24, 2.45) is 0 Å². The smallest absolute Gasteiger partial charge is 0.256 e. The Hall–Kier alpha value is -2.12. The van der Waals surface area contributed by atoms with E-state index in [0.29, 0.717) is 15.5 Å². The highest BCUT2D eigenvalue weighted by Crippen LogP contribution is 2.27. The zero-order chi connectivity index (χ0) is 18.7. The van der Waals surface area contributed by atoms with Gasteiger partial charge < -0.3 is 9.73 Å². The molecule has 1 heterocycles. The van der Waals surface area contributed by atoms with Crippen LogP contribution in [0.4, 0.5) is 10.1 Å². The van der Waals surface area contributed by atoms with Crippen LogP contribution in [0.1, 0.15) is 11.1 Å². The van der Waals surface area contributed by atoms with Crippen molar-refractivity contribution < 1.29 is 13.6 Å². The molecule has 0 unspecified atom stereocenters. The zero-order valence-corrected chi connectivity index (χ0v) is 16.6. The largest absolute Gasteiger partial charge is 0.431 e. The summed E-state index contributed by atoms with van der Waals surface area (Å²) in [7, 11) is 0. The quantitative estimate of drug-likeness (QED) is 0.531. The fourth-order valence-electron chi connectivity index (χ4n) is 2.26. The van der Waals surface area contributed by atoms with Crippen LogP contribution in [0.2, 0.25) is 0 Å². The van der Waals surface area contributed by atoms with Crippen molar-refractivity contribution in [1.82, 2.24) is 4.98 Å². The van der Waals surface area contributed by atoms with Gasteiger partial charge in [0.15, 0.2) is 5.76 Å². The number of carbonyl (C=O) groups is 1. The number of benzene rings is 2. The monoisotopic (exact) mass is 434 g/mol. The number of hydrogen-bond acceptors (Lipinski definition) is 4. The number of thioether (sulfide) groups is 1. The molecule has 4 nitrogen and oxygen atoms in total. The van der Waals surface area contributed by atoms with E-state index in [9.17, 15) is 9.18 Å². The highest BCUT2D eigenvalue weighted by Gasteiger charge is 2.12. The molecule has 0 bridgehead atoms. The van der Waals surface area contributed by atoms with Gasteiger partial charge in [-0.05, 0) is 49.2 Å². The van der Waals surface area contributed by atoms with E-state index in [-0.39, 0.29) is 17.3 Å². The Morgan fingerprint density at radius 3 is 2.77 bits per heavy atom. The average molecular weight is 435 g/mol. The molecule has 26 heavy (non-hydrogen) atoms. The highest BCUT2D eigenvalue weighted by molar-refractivity contribution is 9.10. The predicted octanol–water partition coefficient (Wildman–Crippen LogP) is 5.59. The molecule has 1 amide bonds. The van der Waals surface area contributed by atoms with E-state index in [0.717, 1.165) is 17.3 Å². The van der Waals surface area contributed by atoms with Gasteiger partial charge in [-0.3, -0.25) is 4.79 Å². The number of rotatable bonds is 5. The molecule has 0 atom stereocenters. The van der Waals surface area contributed by atoms with E-state index >= 15 is 0 Å². The Morgan fingerprint density at radius 2 is 2.04 bits per heavy atom. The molecule has 3 aromatic rings. The summed E-state index contributed by atoms with van der Waals surface area (Å²) in [5.74, 6) is -0.106. The Kier molecular flexibility index (Phi) is 5.78. The number of nitrogens with zero attached hydrogens (tertiary/aromatic N) is 1. The first-order valence-electron chi connectivity index (χ1n) is 7.83. The van der Waals surface area contributed by atoms with Crippen molar-refractivity contribution in [2.45, 2.75) is 19.1 Å². The second-order valence-corrected chi connectivity index (χ2v) is 7.59. The molecule has 0 aliphatic carbocycles. The molecule has 1 aromatic heterocycles. The molecule has 3 rings (SSSR count). The third kappa shape index (κ3) is 4.53. The van der Waals surface area contributed by atoms with Crippen LogP contribution < -0.4 is 5.32 Å². The Bertz CT molecular complexity index is 958. The number of hydrogen-bond donors (Lipinski definition) is 1. The molecule has 0 saturated heterocycles. The summed E-state index contributed by atoms with van der Waals surface area (Å²) < 4.78 is 20.1. The van der Waals surface area contributed by atoms with Gasteiger partial charge in [0.25, 0.3) is 5.22 Å². The van der Waals surface area contributed by atoms with Crippen LogP contribution in [-0.4, -0.2) is 16.6 Å². The fourth-order valence-corrected chi connectivity index (χ4v) is 3.19. The molecule has 0 aliphatic heterocycles. The van der Waals surface area contributed by atoms with Crippen molar-refractivity contribution in [1.29, 1.82) is 0 Å². The molecule has 0 aliphatic rings. The zero-order valence-electron chi connectivity index (χ0n) is 14.2. The Labute approximate surface area is 163 Å². The minimum Gasteiger partial charge on any atom is -0.431 e. The summed E-state index contributed by atoms with van der Waals surface area (Å²) in [6.45, 7) is 4.09. The van der Waals surface area contributed by atoms with E-state index in [2.05, 4.69) is 26.2 Å². The van der Waals surface area contributed by atoms with Gasteiger partial charge in [-0.25, -0.2) is 9.37 Å². The van der Waals surface area contributed by atoms with Gasteiger partial charge in [0.2, 0.25) is 5.91 Å². The van der Waals surface area contributed by atoms with Gasteiger partial charge in [-0.2, -0.15) is 0 Å². The number of aromatic nitrogens is 1. The molecule has 0 spiro atoms. The summed E-state index contributed by atoms with van der Waals surface area (Å²) in [6.07, 6.45) is 1.64. The average Bonchev–Trinajstić information content (AvgIpc) is 3.07. The number of halogens is 2. The van der Waals surface area contributed by atoms with Crippen LogP contribution >= 0.6 is 27.7 Å². The maximum absolute atomic E-state index is 13.7. The van der Waals surface area contributed by atoms with Crippen molar-refractivity contribution >= 4 is 39.3 Å². The van der Waals surface area contributed by atoms with Gasteiger partial charge in [0, 0.05) is 10.0 Å². The minimum atomic E-state index is -0.495. The van der Waals surface area contributed by atoms with Crippen LogP contribution in [0.15, 0.2) is 56.7 Å². The SMILES string of the molecule is Cc1ccc(-c2cnc(SCC(=O)Nc3ccc(Br)cc3F)o2)cc1C. The van der Waals surface area contributed by atoms with Gasteiger partial charge in [-0.1, -0.05) is 39.8 Å². The fraction of sp³-hybridized carbons (Fsp3) is 0.158. The van der Waals surface area contributed by atoms with Crippen LogP contribution in [0.3, 0.4) is 0 Å². The molecule has 0 saturated carbocycles. The number of carbonyl (C=O) groups excluding carboxylic acids is 1. The molecule has 1 N–H and O–H groups in total. The lowest BCUT2D eigenvalue weighted by Crippen LogP contribution is -2.15. The Balaban J connectivity index is 1.60. The maximum Gasteiger partial charge on any atom is 0.256 e. The molecular formula is C19H16BrFN2O2S. The number of amides is 1. The van der Waals surface area contributed by atoms with E-state index in [1.165, 1.54) is 23.3 Å². The second kappa shape index (κ2) is 8.05.